The van der Waals surface area contributed by atoms with Gasteiger partial charge in [-0.3, -0.25) is 4.79 Å². The van der Waals surface area contributed by atoms with Crippen molar-refractivity contribution < 1.29 is 9.53 Å². The summed E-state index contributed by atoms with van der Waals surface area (Å²) in [6.07, 6.45) is 3.30. The molecule has 0 spiro atoms. The number of carbonyl (C=O) groups is 1. The van der Waals surface area contributed by atoms with Crippen LogP contribution >= 0.6 is 0 Å². The highest BCUT2D eigenvalue weighted by molar-refractivity contribution is 5.85. The van der Waals surface area contributed by atoms with Crippen molar-refractivity contribution in [3.8, 4) is 11.8 Å². The smallest absolute Gasteiger partial charge is 0.242 e. The molecule has 0 heterocycles. The van der Waals surface area contributed by atoms with Crippen LogP contribution in [0, 0.1) is 23.7 Å². The van der Waals surface area contributed by atoms with Crippen LogP contribution in [0.1, 0.15) is 31.2 Å². The van der Waals surface area contributed by atoms with Gasteiger partial charge in [0.25, 0.3) is 0 Å². The van der Waals surface area contributed by atoms with E-state index in [2.05, 4.69) is 6.07 Å². The van der Waals surface area contributed by atoms with Crippen LogP contribution in [0.4, 0.5) is 0 Å². The van der Waals surface area contributed by atoms with Gasteiger partial charge in [0.2, 0.25) is 5.91 Å². The molecular formula is C17H22N2O2. The molecule has 0 unspecified atom stereocenters. The number of likely N-dealkylation sites (N-methyl/N-ethyl adjacent to an activating group) is 1. The first-order valence-electron chi connectivity index (χ1n) is 7.44. The number of nitriles is 1. The van der Waals surface area contributed by atoms with Crippen molar-refractivity contribution in [3.63, 3.8) is 0 Å². The van der Waals surface area contributed by atoms with Gasteiger partial charge >= 0.3 is 0 Å². The van der Waals surface area contributed by atoms with E-state index in [9.17, 15) is 10.1 Å². The second-order valence-electron chi connectivity index (χ2n) is 5.79. The van der Waals surface area contributed by atoms with E-state index in [1.165, 1.54) is 0 Å². The van der Waals surface area contributed by atoms with Crippen molar-refractivity contribution in [1.29, 1.82) is 5.26 Å². The van der Waals surface area contributed by atoms with Crippen molar-refractivity contribution in [3.05, 3.63) is 29.8 Å². The first-order chi connectivity index (χ1) is 10.1. The average Bonchev–Trinajstić information content (AvgIpc) is 2.96. The maximum atomic E-state index is 12.4. The van der Waals surface area contributed by atoms with Crippen LogP contribution in [0.3, 0.4) is 0 Å². The number of hydrogen-bond donors (Lipinski definition) is 0. The van der Waals surface area contributed by atoms with E-state index in [1.54, 1.807) is 11.9 Å². The Balaban J connectivity index is 1.86. The molecule has 1 fully saturated rings. The number of ether oxygens (including phenoxy) is 1. The highest BCUT2D eigenvalue weighted by Gasteiger charge is 2.43. The molecule has 1 amide bonds. The first-order valence-corrected chi connectivity index (χ1v) is 7.44. The molecule has 0 saturated heterocycles. The number of amides is 1. The van der Waals surface area contributed by atoms with E-state index in [0.717, 1.165) is 24.2 Å². The summed E-state index contributed by atoms with van der Waals surface area (Å²) in [7, 11) is 1.75. The Morgan fingerprint density at radius 1 is 1.43 bits per heavy atom. The largest absolute Gasteiger partial charge is 0.492 e. The minimum Gasteiger partial charge on any atom is -0.492 e. The summed E-state index contributed by atoms with van der Waals surface area (Å²) in [6, 6.07) is 10.1. The number of hydrogen-bond acceptors (Lipinski definition) is 3. The van der Waals surface area contributed by atoms with Crippen LogP contribution in [0.2, 0.25) is 0 Å². The molecule has 0 atom stereocenters. The van der Waals surface area contributed by atoms with E-state index in [-0.39, 0.29) is 5.91 Å². The lowest BCUT2D eigenvalue weighted by Crippen LogP contribution is -2.41. The summed E-state index contributed by atoms with van der Waals surface area (Å²) in [5, 5.41) is 9.34. The Kier molecular flexibility index (Phi) is 4.85. The molecule has 112 valence electrons. The van der Waals surface area contributed by atoms with Crippen LogP contribution in [0.25, 0.3) is 0 Å². The van der Waals surface area contributed by atoms with Crippen molar-refractivity contribution >= 4 is 5.91 Å². The lowest BCUT2D eigenvalue weighted by atomic mass is 9.86. The zero-order chi connectivity index (χ0) is 15.3. The Labute approximate surface area is 126 Å². The van der Waals surface area contributed by atoms with Gasteiger partial charge in [0.15, 0.2) is 0 Å². The number of nitrogens with zero attached hydrogens (tertiary/aromatic N) is 2. The van der Waals surface area contributed by atoms with Gasteiger partial charge in [-0.1, -0.05) is 25.0 Å². The Morgan fingerprint density at radius 2 is 2.14 bits per heavy atom. The van der Waals surface area contributed by atoms with Gasteiger partial charge in [-0.2, -0.15) is 5.26 Å². The van der Waals surface area contributed by atoms with E-state index >= 15 is 0 Å². The molecule has 2 rings (SSSR count). The predicted octanol–water partition coefficient (Wildman–Crippen LogP) is 2.92. The van der Waals surface area contributed by atoms with Gasteiger partial charge < -0.3 is 9.64 Å². The fourth-order valence-electron chi connectivity index (χ4n) is 2.82. The van der Waals surface area contributed by atoms with Gasteiger partial charge in [-0.25, -0.2) is 0 Å². The standard InChI is InChI=1S/C17H22N2O2/c1-14-6-5-7-15(12-14)21-11-10-19(2)16(20)17(13-18)8-3-4-9-17/h5-7,12H,3-4,8-11H2,1-2H3. The highest BCUT2D eigenvalue weighted by atomic mass is 16.5. The fourth-order valence-corrected chi connectivity index (χ4v) is 2.82. The van der Waals surface area contributed by atoms with Gasteiger partial charge in [0.1, 0.15) is 17.8 Å². The normalized spacial score (nSPS) is 16.2. The molecular weight excluding hydrogens is 264 g/mol. The molecule has 1 saturated carbocycles. The van der Waals surface area contributed by atoms with Crippen molar-refractivity contribution in [2.24, 2.45) is 5.41 Å². The Morgan fingerprint density at radius 3 is 2.76 bits per heavy atom. The number of benzene rings is 1. The third kappa shape index (κ3) is 3.55. The molecule has 1 aromatic rings. The fraction of sp³-hybridized carbons (Fsp3) is 0.529. The lowest BCUT2D eigenvalue weighted by Gasteiger charge is -2.26. The van der Waals surface area contributed by atoms with Crippen LogP contribution in [-0.4, -0.2) is 31.0 Å². The Bertz CT molecular complexity index is 542. The van der Waals surface area contributed by atoms with Crippen LogP contribution in [-0.2, 0) is 4.79 Å². The molecule has 4 heteroatoms. The van der Waals surface area contributed by atoms with Crippen LogP contribution in [0.15, 0.2) is 24.3 Å². The molecule has 0 aromatic heterocycles. The third-order valence-electron chi connectivity index (χ3n) is 4.11. The quantitative estimate of drug-likeness (QED) is 0.836. The molecule has 0 N–H and O–H groups in total. The van der Waals surface area contributed by atoms with Crippen LogP contribution < -0.4 is 4.74 Å². The SMILES string of the molecule is Cc1cccc(OCCN(C)C(=O)C2(C#N)CCCC2)c1. The zero-order valence-electron chi connectivity index (χ0n) is 12.8. The first kappa shape index (κ1) is 15.4. The van der Waals surface area contributed by atoms with Crippen molar-refractivity contribution in [2.45, 2.75) is 32.6 Å². The number of rotatable bonds is 5. The minimum atomic E-state index is -0.794. The predicted molar refractivity (Wildman–Crippen MR) is 80.8 cm³/mol. The summed E-state index contributed by atoms with van der Waals surface area (Å²) >= 11 is 0. The van der Waals surface area contributed by atoms with Crippen molar-refractivity contribution in [1.82, 2.24) is 4.90 Å². The monoisotopic (exact) mass is 286 g/mol. The summed E-state index contributed by atoms with van der Waals surface area (Å²) in [5.41, 5.74) is 0.351. The zero-order valence-corrected chi connectivity index (χ0v) is 12.8. The molecule has 4 nitrogen and oxygen atoms in total. The highest BCUT2D eigenvalue weighted by Crippen LogP contribution is 2.38. The molecule has 0 aliphatic heterocycles. The van der Waals surface area contributed by atoms with E-state index in [0.29, 0.717) is 26.0 Å². The average molecular weight is 286 g/mol. The minimum absolute atomic E-state index is 0.0599. The van der Waals surface area contributed by atoms with E-state index in [1.807, 2.05) is 31.2 Å². The number of aryl methyl sites for hydroxylation is 1. The maximum absolute atomic E-state index is 12.4. The molecule has 1 aliphatic carbocycles. The van der Waals surface area contributed by atoms with Crippen LogP contribution in [0.5, 0.6) is 5.75 Å². The molecule has 0 radical (unpaired) electrons. The van der Waals surface area contributed by atoms with Gasteiger partial charge in [-0.05, 0) is 37.5 Å². The second-order valence-corrected chi connectivity index (χ2v) is 5.79. The topological polar surface area (TPSA) is 53.3 Å². The summed E-state index contributed by atoms with van der Waals surface area (Å²) in [4.78, 5) is 14.1. The molecule has 21 heavy (non-hydrogen) atoms. The van der Waals surface area contributed by atoms with Gasteiger partial charge in [0.05, 0.1) is 12.6 Å². The molecule has 0 bridgehead atoms. The maximum Gasteiger partial charge on any atom is 0.242 e. The lowest BCUT2D eigenvalue weighted by molar-refractivity contribution is -0.137. The van der Waals surface area contributed by atoms with E-state index in [4.69, 9.17) is 4.74 Å². The second kappa shape index (κ2) is 6.62. The molecule has 1 aliphatic rings. The Hall–Kier alpha value is -2.02. The van der Waals surface area contributed by atoms with Gasteiger partial charge in [0, 0.05) is 7.05 Å². The van der Waals surface area contributed by atoms with Crippen molar-refractivity contribution in [2.75, 3.05) is 20.2 Å². The third-order valence-corrected chi connectivity index (χ3v) is 4.11. The summed E-state index contributed by atoms with van der Waals surface area (Å²) in [5.74, 6) is 0.752. The number of carbonyl (C=O) groups excluding carboxylic acids is 1. The summed E-state index contributed by atoms with van der Waals surface area (Å²) < 4.78 is 5.66. The molecule has 1 aromatic carbocycles. The van der Waals surface area contributed by atoms with E-state index < -0.39 is 5.41 Å². The van der Waals surface area contributed by atoms with Gasteiger partial charge in [-0.15, -0.1) is 0 Å². The summed E-state index contributed by atoms with van der Waals surface area (Å²) in [6.45, 7) is 2.95.